The average molecular weight is 252 g/mol. The van der Waals surface area contributed by atoms with Gasteiger partial charge in [0, 0.05) is 11.1 Å². The third-order valence-electron chi connectivity index (χ3n) is 2.69. The Bertz CT molecular complexity index is 574. The molecule has 0 amide bonds. The van der Waals surface area contributed by atoms with Crippen LogP contribution in [0.2, 0.25) is 0 Å². The van der Waals surface area contributed by atoms with Gasteiger partial charge in [-0.05, 0) is 31.0 Å². The van der Waals surface area contributed by atoms with Crippen molar-refractivity contribution in [2.45, 2.75) is 21.3 Å². The van der Waals surface area contributed by atoms with Gasteiger partial charge in [0.2, 0.25) is 0 Å². The molecule has 0 saturated carbocycles. The van der Waals surface area contributed by atoms with Crippen LogP contribution in [0.3, 0.4) is 0 Å². The lowest BCUT2D eigenvalue weighted by atomic mass is 10.0. The highest BCUT2D eigenvalue weighted by molar-refractivity contribution is 5.65. The quantitative estimate of drug-likeness (QED) is 0.668. The van der Waals surface area contributed by atoms with Crippen molar-refractivity contribution in [1.29, 1.82) is 0 Å². The van der Waals surface area contributed by atoms with E-state index in [1.54, 1.807) is 13.0 Å². The summed E-state index contributed by atoms with van der Waals surface area (Å²) in [7, 11) is 0. The molecular formula is C15H15F3. The fraction of sp³-hybridized carbons (Fsp3) is 0.200. The van der Waals surface area contributed by atoms with E-state index in [1.807, 2.05) is 0 Å². The van der Waals surface area contributed by atoms with Gasteiger partial charge < -0.3 is 0 Å². The molecule has 0 fully saturated rings. The molecule has 0 aromatic heterocycles. The highest BCUT2D eigenvalue weighted by atomic mass is 19.2. The van der Waals surface area contributed by atoms with Crippen LogP contribution in [0.1, 0.15) is 18.6 Å². The van der Waals surface area contributed by atoms with Crippen LogP contribution >= 0.6 is 0 Å². The fourth-order valence-corrected chi connectivity index (χ4v) is 1.69. The molecule has 18 heavy (non-hydrogen) atoms. The van der Waals surface area contributed by atoms with Gasteiger partial charge >= 0.3 is 0 Å². The topological polar surface area (TPSA) is 0 Å². The minimum atomic E-state index is -1.01. The van der Waals surface area contributed by atoms with Crippen LogP contribution in [0.5, 0.6) is 0 Å². The van der Waals surface area contributed by atoms with Crippen molar-refractivity contribution in [3.05, 3.63) is 58.9 Å². The van der Waals surface area contributed by atoms with Gasteiger partial charge in [0.05, 0.1) is 0 Å². The van der Waals surface area contributed by atoms with Crippen molar-refractivity contribution in [2.75, 3.05) is 0 Å². The van der Waals surface area contributed by atoms with Gasteiger partial charge in [-0.2, -0.15) is 0 Å². The highest BCUT2D eigenvalue weighted by Gasteiger charge is 2.15. The zero-order valence-electron chi connectivity index (χ0n) is 9.52. The molecule has 3 heteroatoms. The van der Waals surface area contributed by atoms with Gasteiger partial charge in [-0.1, -0.05) is 31.7 Å². The maximum atomic E-state index is 13.7. The molecule has 0 aliphatic rings. The zero-order valence-corrected chi connectivity index (χ0v) is 9.52. The summed E-state index contributed by atoms with van der Waals surface area (Å²) in [6.45, 7) is 3.20. The molecule has 0 bridgehead atoms. The van der Waals surface area contributed by atoms with Crippen LogP contribution in [0.25, 0.3) is 11.1 Å². The summed E-state index contributed by atoms with van der Waals surface area (Å²) in [4.78, 5) is 0. The maximum absolute atomic E-state index is 13.7. The van der Waals surface area contributed by atoms with E-state index in [4.69, 9.17) is 0 Å². The summed E-state index contributed by atoms with van der Waals surface area (Å²) in [5.74, 6) is -2.48. The molecular weight excluding hydrogens is 237 g/mol. The lowest BCUT2D eigenvalue weighted by Crippen LogP contribution is -1.95. The summed E-state index contributed by atoms with van der Waals surface area (Å²) in [5, 5.41) is 0. The molecule has 96 valence electrons. The second-order valence-electron chi connectivity index (χ2n) is 4.04. The summed E-state index contributed by atoms with van der Waals surface area (Å²) >= 11 is 0. The Kier molecular flexibility index (Phi) is 4.17. The van der Waals surface area contributed by atoms with Crippen molar-refractivity contribution < 1.29 is 13.2 Å². The van der Waals surface area contributed by atoms with Crippen molar-refractivity contribution in [2.24, 2.45) is 0 Å². The van der Waals surface area contributed by atoms with Crippen molar-refractivity contribution in [3.63, 3.8) is 0 Å². The fourth-order valence-electron chi connectivity index (χ4n) is 1.69. The van der Waals surface area contributed by atoms with Gasteiger partial charge in [0.15, 0.2) is 11.6 Å². The van der Waals surface area contributed by atoms with Crippen LogP contribution < -0.4 is 0 Å². The van der Waals surface area contributed by atoms with E-state index in [9.17, 15) is 13.2 Å². The Balaban J connectivity index is 0.00000162. The molecule has 0 N–H and O–H groups in total. The van der Waals surface area contributed by atoms with Crippen molar-refractivity contribution in [3.8, 4) is 11.1 Å². The Labute approximate surface area is 105 Å². The predicted molar refractivity (Wildman–Crippen MR) is 68.0 cm³/mol. The predicted octanol–water partition coefficient (Wildman–Crippen LogP) is 5.02. The van der Waals surface area contributed by atoms with E-state index in [2.05, 4.69) is 0 Å². The van der Waals surface area contributed by atoms with Gasteiger partial charge in [-0.3, -0.25) is 0 Å². The minimum Gasteiger partial charge on any atom is -0.206 e. The van der Waals surface area contributed by atoms with Crippen LogP contribution in [0.15, 0.2) is 30.3 Å². The van der Waals surface area contributed by atoms with Crippen molar-refractivity contribution >= 4 is 0 Å². The van der Waals surface area contributed by atoms with E-state index < -0.39 is 17.5 Å². The van der Waals surface area contributed by atoms with Gasteiger partial charge in [-0.25, -0.2) is 13.2 Å². The average Bonchev–Trinajstić information content (AvgIpc) is 2.28. The first-order valence-electron chi connectivity index (χ1n) is 5.22. The Morgan fingerprint density at radius 1 is 0.778 bits per heavy atom. The lowest BCUT2D eigenvalue weighted by Gasteiger charge is -2.08. The molecule has 0 nitrogen and oxygen atoms in total. The van der Waals surface area contributed by atoms with Crippen molar-refractivity contribution in [1.82, 2.24) is 0 Å². The largest absolute Gasteiger partial charge is 0.206 e. The molecule has 0 spiro atoms. The number of halogens is 3. The third kappa shape index (κ3) is 2.40. The van der Waals surface area contributed by atoms with Gasteiger partial charge in [0.25, 0.3) is 0 Å². The number of hydrogen-bond donors (Lipinski definition) is 0. The third-order valence-corrected chi connectivity index (χ3v) is 2.69. The van der Waals surface area contributed by atoms with Gasteiger partial charge in [0.1, 0.15) is 5.82 Å². The van der Waals surface area contributed by atoms with E-state index in [-0.39, 0.29) is 24.1 Å². The first-order chi connectivity index (χ1) is 8.00. The molecule has 0 atom stereocenters. The molecule has 0 aliphatic carbocycles. The van der Waals surface area contributed by atoms with E-state index in [0.29, 0.717) is 0 Å². The molecule has 0 aliphatic heterocycles. The minimum absolute atomic E-state index is 0. The molecule has 0 saturated heterocycles. The van der Waals surface area contributed by atoms with Crippen LogP contribution in [0.4, 0.5) is 13.2 Å². The summed E-state index contributed by atoms with van der Waals surface area (Å²) in [6.07, 6.45) is 0. The molecule has 2 aromatic carbocycles. The summed E-state index contributed by atoms with van der Waals surface area (Å²) < 4.78 is 40.7. The molecule has 0 radical (unpaired) electrons. The normalized spacial score (nSPS) is 10.1. The highest BCUT2D eigenvalue weighted by Crippen LogP contribution is 2.28. The Morgan fingerprint density at radius 3 is 2.00 bits per heavy atom. The first-order valence-corrected chi connectivity index (χ1v) is 5.22. The molecule has 0 heterocycles. The maximum Gasteiger partial charge on any atom is 0.167 e. The van der Waals surface area contributed by atoms with E-state index in [0.717, 1.165) is 5.56 Å². The second kappa shape index (κ2) is 5.25. The lowest BCUT2D eigenvalue weighted by molar-refractivity contribution is 0.504. The standard InChI is InChI=1S/C14H11F3.CH4/c1-8-3-5-10(12(15)7-8)11-6-4-9(2)13(16)14(11)17;/h3-7H,1-2H3;1H4. The van der Waals surface area contributed by atoms with Crippen LogP contribution in [-0.2, 0) is 0 Å². The molecule has 2 aromatic rings. The number of aryl methyl sites for hydroxylation is 2. The number of hydrogen-bond acceptors (Lipinski definition) is 0. The van der Waals surface area contributed by atoms with E-state index >= 15 is 0 Å². The smallest absolute Gasteiger partial charge is 0.167 e. The SMILES string of the molecule is C.Cc1ccc(-c2ccc(C)c(F)c2F)c(F)c1. The Hall–Kier alpha value is -1.77. The Morgan fingerprint density at radius 2 is 1.39 bits per heavy atom. The second-order valence-corrected chi connectivity index (χ2v) is 4.04. The molecule has 2 rings (SSSR count). The number of rotatable bonds is 1. The number of benzene rings is 2. The molecule has 0 unspecified atom stereocenters. The monoisotopic (exact) mass is 252 g/mol. The van der Waals surface area contributed by atoms with Crippen LogP contribution in [0, 0.1) is 31.3 Å². The summed E-state index contributed by atoms with van der Waals surface area (Å²) in [5.41, 5.74) is 0.968. The van der Waals surface area contributed by atoms with Crippen LogP contribution in [-0.4, -0.2) is 0 Å². The first kappa shape index (κ1) is 14.3. The van der Waals surface area contributed by atoms with E-state index in [1.165, 1.54) is 31.2 Å². The summed E-state index contributed by atoms with van der Waals surface area (Å²) in [6, 6.07) is 7.24. The zero-order chi connectivity index (χ0) is 12.6. The van der Waals surface area contributed by atoms with Gasteiger partial charge in [-0.15, -0.1) is 0 Å².